The molecule has 0 saturated carbocycles. The van der Waals surface area contributed by atoms with E-state index >= 15 is 0 Å². The third-order valence-corrected chi connectivity index (χ3v) is 2.92. The zero-order chi connectivity index (χ0) is 16.0. The van der Waals surface area contributed by atoms with Crippen LogP contribution in [0.5, 0.6) is 0 Å². The molecule has 1 aromatic carbocycles. The maximum absolute atomic E-state index is 11.3. The number of ether oxygens (including phenoxy) is 1. The molecule has 21 heavy (non-hydrogen) atoms. The van der Waals surface area contributed by atoms with Gasteiger partial charge in [0.25, 0.3) is 5.69 Å². The fourth-order valence-electron chi connectivity index (χ4n) is 2.00. The molecular formula is C14H18N2O5. The van der Waals surface area contributed by atoms with Gasteiger partial charge in [0.15, 0.2) is 0 Å². The van der Waals surface area contributed by atoms with Gasteiger partial charge < -0.3 is 10.1 Å². The first kappa shape index (κ1) is 16.6. The zero-order valence-electron chi connectivity index (χ0n) is 12.2. The Kier molecular flexibility index (Phi) is 5.83. The van der Waals surface area contributed by atoms with Gasteiger partial charge in [-0.1, -0.05) is 6.92 Å². The van der Waals surface area contributed by atoms with Gasteiger partial charge >= 0.3 is 5.97 Å². The summed E-state index contributed by atoms with van der Waals surface area (Å²) in [7, 11) is 0. The number of hydrogen-bond donors (Lipinski definition) is 1. The Morgan fingerprint density at radius 2 is 1.86 bits per heavy atom. The highest BCUT2D eigenvalue weighted by Gasteiger charge is 2.26. The number of carbonyl (C=O) groups excluding carboxylic acids is 2. The number of nitrogens with zero attached hydrogens (tertiary/aromatic N) is 1. The van der Waals surface area contributed by atoms with Crippen molar-refractivity contribution in [1.82, 2.24) is 5.32 Å². The van der Waals surface area contributed by atoms with E-state index in [-0.39, 0.29) is 11.6 Å². The summed E-state index contributed by atoms with van der Waals surface area (Å²) < 4.78 is 5.27. The molecule has 114 valence electrons. The maximum atomic E-state index is 11.3. The molecule has 0 bridgehead atoms. The number of rotatable bonds is 6. The van der Waals surface area contributed by atoms with E-state index < -0.39 is 23.0 Å². The second kappa shape index (κ2) is 7.37. The summed E-state index contributed by atoms with van der Waals surface area (Å²) in [4.78, 5) is 32.7. The first-order valence-electron chi connectivity index (χ1n) is 6.53. The highest BCUT2D eigenvalue weighted by atomic mass is 16.6. The topological polar surface area (TPSA) is 98.5 Å². The summed E-state index contributed by atoms with van der Waals surface area (Å²) in [6, 6.07) is 5.33. The molecule has 0 heterocycles. The van der Waals surface area contributed by atoms with Crippen LogP contribution in [-0.2, 0) is 14.3 Å². The molecule has 1 aromatic rings. The molecule has 7 heteroatoms. The largest absolute Gasteiger partial charge is 0.455 e. The van der Waals surface area contributed by atoms with E-state index in [0.717, 1.165) is 0 Å². The predicted octanol–water partition coefficient (Wildman–Crippen LogP) is 2.11. The van der Waals surface area contributed by atoms with E-state index in [1.54, 1.807) is 0 Å². The number of benzene rings is 1. The fourth-order valence-corrected chi connectivity index (χ4v) is 2.00. The van der Waals surface area contributed by atoms with Crippen molar-refractivity contribution >= 4 is 17.6 Å². The molecule has 0 aliphatic rings. The lowest BCUT2D eigenvalue weighted by atomic mass is 9.99. The van der Waals surface area contributed by atoms with Crippen LogP contribution in [-0.4, -0.2) is 22.8 Å². The lowest BCUT2D eigenvalue weighted by Crippen LogP contribution is -2.39. The number of hydrogen-bond acceptors (Lipinski definition) is 5. The minimum Gasteiger partial charge on any atom is -0.455 e. The summed E-state index contributed by atoms with van der Waals surface area (Å²) in [5, 5.41) is 13.4. The summed E-state index contributed by atoms with van der Waals surface area (Å²) in [6.07, 6.45) is -0.133. The number of amides is 1. The first-order chi connectivity index (χ1) is 9.85. The molecule has 0 aromatic heterocycles. The van der Waals surface area contributed by atoms with Crippen LogP contribution in [0.1, 0.15) is 38.9 Å². The number of nitrogens with one attached hydrogen (secondary N) is 1. The standard InChI is InChI=1S/C14H18N2O5/c1-4-13(15-9(2)17)14(21-10(3)18)11-5-7-12(8-6-11)16(19)20/h5-8,13-14H,4H2,1-3H3,(H,15,17)/t13-,14-/m1/s1. The van der Waals surface area contributed by atoms with Gasteiger partial charge in [0.05, 0.1) is 11.0 Å². The van der Waals surface area contributed by atoms with Gasteiger partial charge in [0.1, 0.15) is 6.10 Å². The zero-order valence-corrected chi connectivity index (χ0v) is 12.2. The van der Waals surface area contributed by atoms with Gasteiger partial charge in [-0.05, 0) is 24.1 Å². The Hall–Kier alpha value is -2.44. The van der Waals surface area contributed by atoms with E-state index in [9.17, 15) is 19.7 Å². The van der Waals surface area contributed by atoms with Crippen molar-refractivity contribution in [2.75, 3.05) is 0 Å². The van der Waals surface area contributed by atoms with Crippen LogP contribution in [0.3, 0.4) is 0 Å². The number of esters is 1. The van der Waals surface area contributed by atoms with Gasteiger partial charge in [0, 0.05) is 26.0 Å². The molecule has 0 fully saturated rings. The number of nitro benzene ring substituents is 1. The summed E-state index contributed by atoms with van der Waals surface area (Å²) in [5.41, 5.74) is 0.546. The van der Waals surface area contributed by atoms with E-state index in [1.165, 1.54) is 38.1 Å². The number of carbonyl (C=O) groups is 2. The third kappa shape index (κ3) is 4.87. The van der Waals surface area contributed by atoms with Crippen LogP contribution in [0.4, 0.5) is 5.69 Å². The van der Waals surface area contributed by atoms with Gasteiger partial charge in [-0.25, -0.2) is 0 Å². The van der Waals surface area contributed by atoms with E-state index in [0.29, 0.717) is 12.0 Å². The van der Waals surface area contributed by atoms with Gasteiger partial charge in [0.2, 0.25) is 5.91 Å². The molecule has 0 aliphatic heterocycles. The third-order valence-electron chi connectivity index (χ3n) is 2.92. The molecule has 0 radical (unpaired) electrons. The van der Waals surface area contributed by atoms with Gasteiger partial charge in [-0.2, -0.15) is 0 Å². The minimum atomic E-state index is -0.683. The highest BCUT2D eigenvalue weighted by molar-refractivity contribution is 5.73. The number of non-ortho nitro benzene ring substituents is 1. The smallest absolute Gasteiger partial charge is 0.303 e. The van der Waals surface area contributed by atoms with E-state index in [2.05, 4.69) is 5.32 Å². The molecule has 0 aliphatic carbocycles. The molecule has 0 unspecified atom stereocenters. The van der Waals surface area contributed by atoms with E-state index in [4.69, 9.17) is 4.74 Å². The van der Waals surface area contributed by atoms with Gasteiger partial charge in [-0.3, -0.25) is 19.7 Å². The van der Waals surface area contributed by atoms with Crippen LogP contribution < -0.4 is 5.32 Å². The molecule has 7 nitrogen and oxygen atoms in total. The van der Waals surface area contributed by atoms with Crippen LogP contribution in [0.15, 0.2) is 24.3 Å². The Balaban J connectivity index is 3.07. The van der Waals surface area contributed by atoms with Crippen molar-refractivity contribution in [3.05, 3.63) is 39.9 Å². The molecule has 0 spiro atoms. The fraction of sp³-hybridized carbons (Fsp3) is 0.429. The monoisotopic (exact) mass is 294 g/mol. The van der Waals surface area contributed by atoms with Crippen molar-refractivity contribution in [3.8, 4) is 0 Å². The number of nitro groups is 1. The Morgan fingerprint density at radius 3 is 2.24 bits per heavy atom. The van der Waals surface area contributed by atoms with E-state index in [1.807, 2.05) is 6.92 Å². The molecule has 0 saturated heterocycles. The summed E-state index contributed by atoms with van der Waals surface area (Å²) in [5.74, 6) is -0.719. The first-order valence-corrected chi connectivity index (χ1v) is 6.53. The molecule has 2 atom stereocenters. The highest BCUT2D eigenvalue weighted by Crippen LogP contribution is 2.25. The average molecular weight is 294 g/mol. The van der Waals surface area contributed by atoms with Crippen LogP contribution in [0.2, 0.25) is 0 Å². The molecular weight excluding hydrogens is 276 g/mol. The Bertz CT molecular complexity index is 527. The summed E-state index contributed by atoms with van der Waals surface area (Å²) >= 11 is 0. The lowest BCUT2D eigenvalue weighted by molar-refractivity contribution is -0.384. The van der Waals surface area contributed by atoms with Crippen LogP contribution >= 0.6 is 0 Å². The Morgan fingerprint density at radius 1 is 1.29 bits per heavy atom. The Labute approximate surface area is 122 Å². The second-order valence-corrected chi connectivity index (χ2v) is 4.59. The quantitative estimate of drug-likeness (QED) is 0.492. The normalized spacial score (nSPS) is 13.1. The maximum Gasteiger partial charge on any atom is 0.303 e. The van der Waals surface area contributed by atoms with Crippen molar-refractivity contribution < 1.29 is 19.2 Å². The predicted molar refractivity (Wildman–Crippen MR) is 75.5 cm³/mol. The van der Waals surface area contributed by atoms with Gasteiger partial charge in [-0.15, -0.1) is 0 Å². The summed E-state index contributed by atoms with van der Waals surface area (Å²) in [6.45, 7) is 4.50. The second-order valence-electron chi connectivity index (χ2n) is 4.59. The lowest BCUT2D eigenvalue weighted by Gasteiger charge is -2.26. The minimum absolute atomic E-state index is 0.0482. The molecule has 1 rings (SSSR count). The molecule has 1 N–H and O–H groups in total. The van der Waals surface area contributed by atoms with Crippen molar-refractivity contribution in [3.63, 3.8) is 0 Å². The van der Waals surface area contributed by atoms with Crippen molar-refractivity contribution in [1.29, 1.82) is 0 Å². The molecule has 1 amide bonds. The SMILES string of the molecule is CC[C@@H](NC(C)=O)[C@H](OC(C)=O)c1ccc([N+](=O)[O-])cc1. The average Bonchev–Trinajstić information content (AvgIpc) is 2.42. The van der Waals surface area contributed by atoms with Crippen molar-refractivity contribution in [2.45, 2.75) is 39.3 Å². The van der Waals surface area contributed by atoms with Crippen molar-refractivity contribution in [2.24, 2.45) is 0 Å². The van der Waals surface area contributed by atoms with Crippen LogP contribution in [0.25, 0.3) is 0 Å². The van der Waals surface area contributed by atoms with Crippen LogP contribution in [0, 0.1) is 10.1 Å².